The van der Waals surface area contributed by atoms with E-state index in [-0.39, 0.29) is 17.5 Å². The van der Waals surface area contributed by atoms with Crippen molar-refractivity contribution >= 4 is 10.8 Å². The van der Waals surface area contributed by atoms with Gasteiger partial charge in [0.15, 0.2) is 0 Å². The van der Waals surface area contributed by atoms with Crippen LogP contribution in [0.2, 0.25) is 0 Å². The number of phenols is 2. The molecule has 0 aromatic heterocycles. The molecule has 0 radical (unpaired) electrons. The number of methoxy groups -OCH3 is 2. The van der Waals surface area contributed by atoms with E-state index in [1.807, 2.05) is 19.1 Å². The minimum atomic E-state index is 0.0769. The zero-order valence-electron chi connectivity index (χ0n) is 18.4. The van der Waals surface area contributed by atoms with Gasteiger partial charge in [-0.1, -0.05) is 6.07 Å². The first-order valence-corrected chi connectivity index (χ1v) is 10.2. The van der Waals surface area contributed by atoms with E-state index in [9.17, 15) is 10.2 Å². The number of nitrogens with zero attached hydrogens (tertiary/aromatic N) is 1. The lowest BCUT2D eigenvalue weighted by Crippen LogP contribution is -2.38. The van der Waals surface area contributed by atoms with Crippen LogP contribution in [0, 0.1) is 6.92 Å². The zero-order valence-corrected chi connectivity index (χ0v) is 18.4. The van der Waals surface area contributed by atoms with E-state index in [1.54, 1.807) is 26.4 Å². The molecule has 1 aliphatic heterocycles. The van der Waals surface area contributed by atoms with Crippen molar-refractivity contribution in [1.82, 2.24) is 4.90 Å². The molecule has 0 saturated carbocycles. The van der Waals surface area contributed by atoms with Crippen molar-refractivity contribution < 1.29 is 19.7 Å². The summed E-state index contributed by atoms with van der Waals surface area (Å²) >= 11 is 0. The second-order valence-corrected chi connectivity index (χ2v) is 8.28. The number of hydrogen-bond donors (Lipinski definition) is 2. The molecule has 0 unspecified atom stereocenters. The van der Waals surface area contributed by atoms with Crippen LogP contribution in [0.25, 0.3) is 21.9 Å². The summed E-state index contributed by atoms with van der Waals surface area (Å²) in [6.07, 6.45) is 0.793. The fraction of sp³-hybridized carbons (Fsp3) is 0.360. The molecule has 0 saturated heterocycles. The van der Waals surface area contributed by atoms with Gasteiger partial charge in [-0.25, -0.2) is 0 Å². The Labute approximate surface area is 177 Å². The molecule has 1 aliphatic rings. The third-order valence-corrected chi connectivity index (χ3v) is 6.55. The monoisotopic (exact) mass is 407 g/mol. The van der Waals surface area contributed by atoms with Crippen LogP contribution in [-0.4, -0.2) is 42.4 Å². The van der Waals surface area contributed by atoms with E-state index >= 15 is 0 Å². The van der Waals surface area contributed by atoms with E-state index in [0.717, 1.165) is 39.6 Å². The molecular formula is C25H29NO4. The fourth-order valence-corrected chi connectivity index (χ4v) is 4.82. The number of aromatic hydroxyl groups is 2. The lowest BCUT2D eigenvalue weighted by atomic mass is 9.82. The van der Waals surface area contributed by atoms with Crippen molar-refractivity contribution in [1.29, 1.82) is 0 Å². The number of phenolic OH excluding ortho intramolecular Hbond substituents is 2. The molecule has 0 amide bonds. The van der Waals surface area contributed by atoms with Gasteiger partial charge in [-0.05, 0) is 74.5 Å². The Hall–Kier alpha value is -2.92. The third kappa shape index (κ3) is 2.96. The van der Waals surface area contributed by atoms with E-state index < -0.39 is 0 Å². The van der Waals surface area contributed by atoms with Gasteiger partial charge in [0.2, 0.25) is 0 Å². The van der Waals surface area contributed by atoms with Gasteiger partial charge in [-0.15, -0.1) is 0 Å². The van der Waals surface area contributed by atoms with Crippen LogP contribution in [-0.2, 0) is 6.42 Å². The van der Waals surface area contributed by atoms with Gasteiger partial charge < -0.3 is 19.7 Å². The molecule has 0 aliphatic carbocycles. The third-order valence-electron chi connectivity index (χ3n) is 6.55. The summed E-state index contributed by atoms with van der Waals surface area (Å²) in [5, 5.41) is 23.0. The number of likely N-dealkylation sites (N-methyl/N-ethyl adjacent to an activating group) is 1. The summed E-state index contributed by atoms with van der Waals surface area (Å²) < 4.78 is 11.3. The van der Waals surface area contributed by atoms with Crippen molar-refractivity contribution in [2.24, 2.45) is 0 Å². The van der Waals surface area contributed by atoms with Crippen molar-refractivity contribution in [2.45, 2.75) is 39.3 Å². The van der Waals surface area contributed by atoms with Crippen LogP contribution in [0.4, 0.5) is 0 Å². The second-order valence-electron chi connectivity index (χ2n) is 8.28. The quantitative estimate of drug-likeness (QED) is 0.626. The second kappa shape index (κ2) is 7.40. The standard InChI is InChI=1S/C25H29NO4/c1-13-9-17-16(7-8-19(27)25(17)21(10-13)29-5)24-18-11-14(2)26(4)15(3)23(18)20(28)12-22(24)30-6/h7-10,12,14-15,27-28H,11H2,1-6H3/t14-,15-/m0/s1. The molecule has 3 aromatic carbocycles. The van der Waals surface area contributed by atoms with Crippen LogP contribution in [0.1, 0.15) is 36.6 Å². The van der Waals surface area contributed by atoms with E-state index in [4.69, 9.17) is 9.47 Å². The lowest BCUT2D eigenvalue weighted by Gasteiger charge is -2.39. The molecular weight excluding hydrogens is 378 g/mol. The highest BCUT2D eigenvalue weighted by atomic mass is 16.5. The molecule has 158 valence electrons. The fourth-order valence-electron chi connectivity index (χ4n) is 4.82. The van der Waals surface area contributed by atoms with Gasteiger partial charge in [-0.2, -0.15) is 0 Å². The predicted octanol–water partition coefficient (Wildman–Crippen LogP) is 5.18. The Balaban J connectivity index is 2.13. The number of rotatable bonds is 3. The zero-order chi connectivity index (χ0) is 21.7. The van der Waals surface area contributed by atoms with Gasteiger partial charge in [0.25, 0.3) is 0 Å². The molecule has 0 spiro atoms. The van der Waals surface area contributed by atoms with Crippen LogP contribution in [0.3, 0.4) is 0 Å². The average molecular weight is 408 g/mol. The minimum absolute atomic E-state index is 0.0769. The van der Waals surface area contributed by atoms with Crippen molar-refractivity contribution in [2.75, 3.05) is 21.3 Å². The van der Waals surface area contributed by atoms with Crippen LogP contribution in [0.5, 0.6) is 23.0 Å². The van der Waals surface area contributed by atoms with Crippen LogP contribution < -0.4 is 9.47 Å². The maximum Gasteiger partial charge on any atom is 0.130 e. The maximum absolute atomic E-state index is 10.8. The first-order chi connectivity index (χ1) is 14.3. The number of benzene rings is 3. The SMILES string of the molecule is COc1cc(O)c2c(c1-c1ccc(O)c3c(OC)cc(C)cc13)C[C@H](C)N(C)[C@H]2C. The Morgan fingerprint density at radius 3 is 2.33 bits per heavy atom. The van der Waals surface area contributed by atoms with Crippen LogP contribution in [0.15, 0.2) is 30.3 Å². The predicted molar refractivity (Wildman–Crippen MR) is 120 cm³/mol. The minimum Gasteiger partial charge on any atom is -0.507 e. The number of hydrogen-bond acceptors (Lipinski definition) is 5. The van der Waals surface area contributed by atoms with Gasteiger partial charge in [-0.3, -0.25) is 4.90 Å². The average Bonchev–Trinajstić information content (AvgIpc) is 2.71. The van der Waals surface area contributed by atoms with E-state index in [2.05, 4.69) is 31.9 Å². The lowest BCUT2D eigenvalue weighted by molar-refractivity contribution is 0.176. The van der Waals surface area contributed by atoms with Gasteiger partial charge in [0.05, 0.1) is 19.6 Å². The Kier molecular flexibility index (Phi) is 5.02. The van der Waals surface area contributed by atoms with E-state index in [1.165, 1.54) is 0 Å². The Morgan fingerprint density at radius 1 is 0.967 bits per heavy atom. The highest BCUT2D eigenvalue weighted by Gasteiger charge is 2.33. The molecule has 5 nitrogen and oxygen atoms in total. The topological polar surface area (TPSA) is 62.2 Å². The highest BCUT2D eigenvalue weighted by molar-refractivity contribution is 6.05. The van der Waals surface area contributed by atoms with E-state index in [0.29, 0.717) is 22.9 Å². The first-order valence-electron chi connectivity index (χ1n) is 10.2. The summed E-state index contributed by atoms with van der Waals surface area (Å²) in [6, 6.07) is 9.72. The molecule has 5 heteroatoms. The molecule has 30 heavy (non-hydrogen) atoms. The summed E-state index contributed by atoms with van der Waals surface area (Å²) in [5.41, 5.74) is 5.00. The van der Waals surface area contributed by atoms with Gasteiger partial charge in [0, 0.05) is 29.3 Å². The van der Waals surface area contributed by atoms with Crippen molar-refractivity contribution in [3.8, 4) is 34.1 Å². The highest BCUT2D eigenvalue weighted by Crippen LogP contribution is 2.50. The molecule has 0 fully saturated rings. The van der Waals surface area contributed by atoms with Crippen LogP contribution >= 0.6 is 0 Å². The molecule has 3 aromatic rings. The molecule has 4 rings (SSSR count). The molecule has 2 N–H and O–H groups in total. The first kappa shape index (κ1) is 20.4. The summed E-state index contributed by atoms with van der Waals surface area (Å²) in [7, 11) is 5.33. The molecule has 2 atom stereocenters. The number of aryl methyl sites for hydroxylation is 1. The Morgan fingerprint density at radius 2 is 1.67 bits per heavy atom. The smallest absolute Gasteiger partial charge is 0.130 e. The Bertz CT molecular complexity index is 1140. The normalized spacial score (nSPS) is 19.0. The summed E-state index contributed by atoms with van der Waals surface area (Å²) in [5.74, 6) is 1.70. The van der Waals surface area contributed by atoms with Gasteiger partial charge in [0.1, 0.15) is 23.0 Å². The maximum atomic E-state index is 10.8. The molecule has 0 bridgehead atoms. The van der Waals surface area contributed by atoms with Crippen molar-refractivity contribution in [3.63, 3.8) is 0 Å². The largest absolute Gasteiger partial charge is 0.507 e. The number of ether oxygens (including phenoxy) is 2. The van der Waals surface area contributed by atoms with Crippen molar-refractivity contribution in [3.05, 3.63) is 47.0 Å². The summed E-state index contributed by atoms with van der Waals surface area (Å²) in [4.78, 5) is 2.28. The summed E-state index contributed by atoms with van der Waals surface area (Å²) in [6.45, 7) is 6.33. The molecule has 1 heterocycles. The number of fused-ring (bicyclic) bond motifs is 2. The van der Waals surface area contributed by atoms with Gasteiger partial charge >= 0.3 is 0 Å².